The molecule has 3 rings (SSSR count). The van der Waals surface area contributed by atoms with Crippen LogP contribution in [-0.2, 0) is 11.3 Å². The first-order valence-corrected chi connectivity index (χ1v) is 8.42. The van der Waals surface area contributed by atoms with Crippen molar-refractivity contribution in [3.63, 3.8) is 0 Å². The lowest BCUT2D eigenvalue weighted by molar-refractivity contribution is -0.119. The molecule has 1 saturated carbocycles. The minimum Gasteiger partial charge on any atom is -0.484 e. The minimum atomic E-state index is -0.448. The van der Waals surface area contributed by atoms with Crippen LogP contribution in [0.4, 0.5) is 0 Å². The van der Waals surface area contributed by atoms with Crippen molar-refractivity contribution in [1.82, 2.24) is 9.80 Å². The standard InChI is InChI=1S/C18H27N3O2.2ClH/c1-20(2)17-11-21(10-16(17)14-6-7-14)9-13-4-3-5-15(8-13)23-12-18(19)22;;/h3-5,8,14,16-17H,6-7,9-12H2,1-2H3,(H2,19,22);2*1H/t16-,17+;;/m1../s1. The average Bonchev–Trinajstić information content (AvgIpc) is 3.26. The van der Waals surface area contributed by atoms with Gasteiger partial charge in [0.05, 0.1) is 0 Å². The lowest BCUT2D eigenvalue weighted by Crippen LogP contribution is -2.36. The van der Waals surface area contributed by atoms with Gasteiger partial charge in [-0.3, -0.25) is 9.69 Å². The van der Waals surface area contributed by atoms with E-state index < -0.39 is 5.91 Å². The number of nitrogens with two attached hydrogens (primary N) is 1. The van der Waals surface area contributed by atoms with Crippen LogP contribution in [0.25, 0.3) is 0 Å². The largest absolute Gasteiger partial charge is 0.484 e. The molecule has 1 aliphatic heterocycles. The van der Waals surface area contributed by atoms with Gasteiger partial charge in [0, 0.05) is 25.7 Å². The van der Waals surface area contributed by atoms with Crippen molar-refractivity contribution in [2.45, 2.75) is 25.4 Å². The summed E-state index contributed by atoms with van der Waals surface area (Å²) in [4.78, 5) is 15.8. The zero-order chi connectivity index (χ0) is 16.4. The molecule has 0 unspecified atom stereocenters. The lowest BCUT2D eigenvalue weighted by Gasteiger charge is -2.25. The first-order chi connectivity index (χ1) is 11.0. The Morgan fingerprint density at radius 3 is 2.60 bits per heavy atom. The molecule has 2 aliphatic rings. The van der Waals surface area contributed by atoms with Gasteiger partial charge in [-0.15, -0.1) is 24.8 Å². The molecule has 1 aromatic rings. The summed E-state index contributed by atoms with van der Waals surface area (Å²) in [6.07, 6.45) is 2.80. The highest BCUT2D eigenvalue weighted by molar-refractivity contribution is 5.85. The maximum absolute atomic E-state index is 10.8. The van der Waals surface area contributed by atoms with Crippen LogP contribution >= 0.6 is 24.8 Å². The topological polar surface area (TPSA) is 58.8 Å². The van der Waals surface area contributed by atoms with E-state index in [1.54, 1.807) is 0 Å². The summed E-state index contributed by atoms with van der Waals surface area (Å²) < 4.78 is 5.40. The second-order valence-electron chi connectivity index (χ2n) is 7.13. The summed E-state index contributed by atoms with van der Waals surface area (Å²) >= 11 is 0. The van der Waals surface area contributed by atoms with Gasteiger partial charge >= 0.3 is 0 Å². The predicted molar refractivity (Wildman–Crippen MR) is 105 cm³/mol. The molecule has 0 radical (unpaired) electrons. The third-order valence-corrected chi connectivity index (χ3v) is 4.99. The summed E-state index contributed by atoms with van der Waals surface area (Å²) in [6, 6.07) is 8.64. The Morgan fingerprint density at radius 1 is 1.28 bits per heavy atom. The number of primary amides is 1. The monoisotopic (exact) mass is 389 g/mol. The van der Waals surface area contributed by atoms with Gasteiger partial charge in [-0.1, -0.05) is 12.1 Å². The number of rotatable bonds is 7. The summed E-state index contributed by atoms with van der Waals surface area (Å²) in [6.45, 7) is 3.17. The summed E-state index contributed by atoms with van der Waals surface area (Å²) in [5.41, 5.74) is 6.35. The van der Waals surface area contributed by atoms with Gasteiger partial charge in [0.15, 0.2) is 6.61 Å². The van der Waals surface area contributed by atoms with Crippen LogP contribution in [0.2, 0.25) is 0 Å². The summed E-state index contributed by atoms with van der Waals surface area (Å²) in [5, 5.41) is 0. The van der Waals surface area contributed by atoms with Gasteiger partial charge in [0.1, 0.15) is 5.75 Å². The smallest absolute Gasteiger partial charge is 0.255 e. The van der Waals surface area contributed by atoms with E-state index in [1.165, 1.54) is 24.9 Å². The van der Waals surface area contributed by atoms with Gasteiger partial charge in [-0.05, 0) is 56.5 Å². The Hall–Kier alpha value is -1.01. The quantitative estimate of drug-likeness (QED) is 0.775. The van der Waals surface area contributed by atoms with Crippen molar-refractivity contribution >= 4 is 30.7 Å². The number of halogens is 2. The maximum Gasteiger partial charge on any atom is 0.255 e. The van der Waals surface area contributed by atoms with E-state index >= 15 is 0 Å². The molecule has 7 heteroatoms. The molecule has 142 valence electrons. The number of nitrogens with zero attached hydrogens (tertiary/aromatic N) is 2. The number of ether oxygens (including phenoxy) is 1. The summed E-state index contributed by atoms with van der Waals surface area (Å²) in [7, 11) is 4.39. The number of likely N-dealkylation sites (N-methyl/N-ethyl adjacent to an activating group) is 1. The molecule has 1 aliphatic carbocycles. The number of hydrogen-bond donors (Lipinski definition) is 1. The van der Waals surface area contributed by atoms with Crippen molar-refractivity contribution in [3.8, 4) is 5.75 Å². The van der Waals surface area contributed by atoms with Crippen LogP contribution in [0.5, 0.6) is 5.75 Å². The second-order valence-corrected chi connectivity index (χ2v) is 7.13. The summed E-state index contributed by atoms with van der Waals surface area (Å²) in [5.74, 6) is 2.00. The van der Waals surface area contributed by atoms with Crippen molar-refractivity contribution in [1.29, 1.82) is 0 Å². The molecule has 25 heavy (non-hydrogen) atoms. The Kier molecular flexibility index (Phi) is 8.48. The van der Waals surface area contributed by atoms with E-state index in [0.717, 1.165) is 24.9 Å². The number of likely N-dealkylation sites (tertiary alicyclic amines) is 1. The molecule has 0 bridgehead atoms. The molecule has 1 aromatic carbocycles. The Balaban J connectivity index is 0.00000156. The average molecular weight is 390 g/mol. The molecule has 0 spiro atoms. The highest BCUT2D eigenvalue weighted by atomic mass is 35.5. The van der Waals surface area contributed by atoms with Crippen molar-refractivity contribution in [3.05, 3.63) is 29.8 Å². The third-order valence-electron chi connectivity index (χ3n) is 4.99. The fourth-order valence-corrected chi connectivity index (χ4v) is 3.70. The fourth-order valence-electron chi connectivity index (χ4n) is 3.70. The first-order valence-electron chi connectivity index (χ1n) is 8.42. The zero-order valence-corrected chi connectivity index (χ0v) is 16.5. The molecule has 1 amide bonds. The number of amides is 1. The van der Waals surface area contributed by atoms with Crippen LogP contribution in [0.15, 0.2) is 24.3 Å². The Morgan fingerprint density at radius 2 is 2.00 bits per heavy atom. The van der Waals surface area contributed by atoms with Crippen LogP contribution in [-0.4, -0.2) is 55.5 Å². The zero-order valence-electron chi connectivity index (χ0n) is 14.9. The molecule has 1 heterocycles. The SMILES string of the molecule is CN(C)[C@H]1CN(Cc2cccc(OCC(N)=O)c2)C[C@@H]1C1CC1.Cl.Cl. The van der Waals surface area contributed by atoms with Gasteiger partial charge < -0.3 is 15.4 Å². The van der Waals surface area contributed by atoms with Crippen LogP contribution in [0.1, 0.15) is 18.4 Å². The molecule has 0 aromatic heterocycles. The lowest BCUT2D eigenvalue weighted by atomic mass is 9.97. The number of carbonyl (C=O) groups is 1. The van der Waals surface area contributed by atoms with E-state index in [9.17, 15) is 4.79 Å². The van der Waals surface area contributed by atoms with E-state index in [2.05, 4.69) is 30.0 Å². The molecule has 5 nitrogen and oxygen atoms in total. The van der Waals surface area contributed by atoms with Crippen LogP contribution < -0.4 is 10.5 Å². The number of hydrogen-bond acceptors (Lipinski definition) is 4. The van der Waals surface area contributed by atoms with Gasteiger partial charge in [-0.2, -0.15) is 0 Å². The second kappa shape index (κ2) is 9.62. The Labute approximate surface area is 162 Å². The van der Waals surface area contributed by atoms with Crippen molar-refractivity contribution in [2.75, 3.05) is 33.8 Å². The fraction of sp³-hybridized carbons (Fsp3) is 0.611. The van der Waals surface area contributed by atoms with Crippen molar-refractivity contribution < 1.29 is 9.53 Å². The molecule has 1 saturated heterocycles. The highest BCUT2D eigenvalue weighted by Gasteiger charge is 2.43. The number of benzene rings is 1. The third kappa shape index (κ3) is 6.03. The van der Waals surface area contributed by atoms with E-state index in [1.807, 2.05) is 18.2 Å². The molecule has 2 N–H and O–H groups in total. The highest BCUT2D eigenvalue weighted by Crippen LogP contribution is 2.42. The van der Waals surface area contributed by atoms with E-state index in [-0.39, 0.29) is 31.4 Å². The molecular weight excluding hydrogens is 361 g/mol. The van der Waals surface area contributed by atoms with E-state index in [0.29, 0.717) is 11.8 Å². The normalized spacial score (nSPS) is 23.0. The maximum atomic E-state index is 10.8. The molecular formula is C18H29Cl2N3O2. The van der Waals surface area contributed by atoms with E-state index in [4.69, 9.17) is 10.5 Å². The Bertz CT molecular complexity index is 557. The van der Waals surface area contributed by atoms with Gasteiger partial charge in [0.25, 0.3) is 5.91 Å². The first kappa shape index (κ1) is 22.0. The van der Waals surface area contributed by atoms with Crippen molar-refractivity contribution in [2.24, 2.45) is 17.6 Å². The molecule has 2 fully saturated rings. The van der Waals surface area contributed by atoms with Crippen LogP contribution in [0, 0.1) is 11.8 Å². The van der Waals surface area contributed by atoms with Crippen LogP contribution in [0.3, 0.4) is 0 Å². The predicted octanol–water partition coefficient (Wildman–Crippen LogP) is 2.17. The molecule has 2 atom stereocenters. The van der Waals surface area contributed by atoms with Gasteiger partial charge in [-0.25, -0.2) is 0 Å². The minimum absolute atomic E-state index is 0. The van der Waals surface area contributed by atoms with Gasteiger partial charge in [0.2, 0.25) is 0 Å². The number of carbonyl (C=O) groups excluding carboxylic acids is 1.